The van der Waals surface area contributed by atoms with Gasteiger partial charge < -0.3 is 10.6 Å². The largest absolute Gasteiger partial charge is 0.417 e. The lowest BCUT2D eigenvalue weighted by Crippen LogP contribution is -2.32. The summed E-state index contributed by atoms with van der Waals surface area (Å²) in [7, 11) is 0. The van der Waals surface area contributed by atoms with Crippen LogP contribution in [0.2, 0.25) is 5.02 Å². The number of rotatable bonds is 4. The van der Waals surface area contributed by atoms with Gasteiger partial charge in [-0.25, -0.2) is 9.97 Å². The topological polar surface area (TPSA) is 66.9 Å². The minimum Gasteiger partial charge on any atom is -0.349 e. The summed E-state index contributed by atoms with van der Waals surface area (Å²) in [4.78, 5) is 20.1. The van der Waals surface area contributed by atoms with Crippen molar-refractivity contribution in [3.05, 3.63) is 46.7 Å². The van der Waals surface area contributed by atoms with Crippen LogP contribution < -0.4 is 10.6 Å². The zero-order valence-electron chi connectivity index (χ0n) is 13.6. The molecule has 1 aromatic carbocycles. The van der Waals surface area contributed by atoms with Crippen molar-refractivity contribution in [3.8, 4) is 0 Å². The molecule has 0 radical (unpaired) electrons. The lowest BCUT2D eigenvalue weighted by Gasteiger charge is -2.13. The molecule has 0 unspecified atom stereocenters. The van der Waals surface area contributed by atoms with Crippen LogP contribution in [-0.2, 0) is 6.18 Å². The molecule has 0 spiro atoms. The summed E-state index contributed by atoms with van der Waals surface area (Å²) in [5.41, 5.74) is -0.504. The van der Waals surface area contributed by atoms with E-state index in [1.54, 1.807) is 0 Å². The van der Waals surface area contributed by atoms with E-state index in [0.29, 0.717) is 5.56 Å². The number of hydrogen-bond acceptors (Lipinski definition) is 4. The highest BCUT2D eigenvalue weighted by molar-refractivity contribution is 6.31. The number of amides is 1. The van der Waals surface area contributed by atoms with E-state index in [4.69, 9.17) is 11.6 Å². The number of aromatic nitrogens is 2. The highest BCUT2D eigenvalue weighted by Gasteiger charge is 2.33. The summed E-state index contributed by atoms with van der Waals surface area (Å²) in [6.07, 6.45) is 2.24. The van der Waals surface area contributed by atoms with Crippen LogP contribution in [0, 0.1) is 0 Å². The van der Waals surface area contributed by atoms with Crippen molar-refractivity contribution in [2.75, 3.05) is 5.32 Å². The third kappa shape index (κ3) is 4.43. The zero-order valence-corrected chi connectivity index (χ0v) is 14.4. The van der Waals surface area contributed by atoms with E-state index in [0.717, 1.165) is 37.8 Å². The summed E-state index contributed by atoms with van der Waals surface area (Å²) in [5, 5.41) is 5.20. The average Bonchev–Trinajstić information content (AvgIpc) is 3.09. The average molecular weight is 385 g/mol. The molecule has 5 nitrogen and oxygen atoms in total. The Morgan fingerprint density at radius 1 is 1.15 bits per heavy atom. The lowest BCUT2D eigenvalue weighted by atomic mass is 10.2. The molecule has 1 saturated carbocycles. The SMILES string of the molecule is O=C(NC1CCCC1)c1cnc(Nc2ccc(Cl)c(C(F)(F)F)c2)nc1. The molecular formula is C17H16ClF3N4O. The third-order valence-electron chi connectivity index (χ3n) is 4.13. The van der Waals surface area contributed by atoms with Gasteiger partial charge in [-0.3, -0.25) is 4.79 Å². The molecule has 0 saturated heterocycles. The molecule has 9 heteroatoms. The first-order chi connectivity index (χ1) is 12.3. The second-order valence-corrected chi connectivity index (χ2v) is 6.47. The first-order valence-corrected chi connectivity index (χ1v) is 8.47. The van der Waals surface area contributed by atoms with Crippen molar-refractivity contribution < 1.29 is 18.0 Å². The van der Waals surface area contributed by atoms with Crippen LogP contribution in [0.5, 0.6) is 0 Å². The second kappa shape index (κ2) is 7.49. The smallest absolute Gasteiger partial charge is 0.349 e. The lowest BCUT2D eigenvalue weighted by molar-refractivity contribution is -0.137. The number of alkyl halides is 3. The first-order valence-electron chi connectivity index (χ1n) is 8.09. The van der Waals surface area contributed by atoms with Crippen LogP contribution in [0.25, 0.3) is 0 Å². The summed E-state index contributed by atoms with van der Waals surface area (Å²) in [6, 6.07) is 3.60. The van der Waals surface area contributed by atoms with Gasteiger partial charge >= 0.3 is 6.18 Å². The van der Waals surface area contributed by atoms with Crippen molar-refractivity contribution in [1.82, 2.24) is 15.3 Å². The number of carbonyl (C=O) groups excluding carboxylic acids is 1. The molecule has 0 atom stereocenters. The molecule has 1 fully saturated rings. The van der Waals surface area contributed by atoms with E-state index >= 15 is 0 Å². The second-order valence-electron chi connectivity index (χ2n) is 6.07. The Labute approximate surface area is 153 Å². The van der Waals surface area contributed by atoms with Crippen molar-refractivity contribution in [3.63, 3.8) is 0 Å². The van der Waals surface area contributed by atoms with Crippen molar-refractivity contribution in [2.45, 2.75) is 37.9 Å². The van der Waals surface area contributed by atoms with Gasteiger partial charge in [0.2, 0.25) is 5.95 Å². The van der Waals surface area contributed by atoms with Crippen molar-refractivity contribution in [1.29, 1.82) is 0 Å². The van der Waals surface area contributed by atoms with Gasteiger partial charge in [-0.15, -0.1) is 0 Å². The molecule has 1 aromatic heterocycles. The number of carbonyl (C=O) groups is 1. The maximum Gasteiger partial charge on any atom is 0.417 e. The van der Waals surface area contributed by atoms with E-state index in [2.05, 4.69) is 20.6 Å². The monoisotopic (exact) mass is 384 g/mol. The Morgan fingerprint density at radius 2 is 1.81 bits per heavy atom. The number of benzene rings is 1. The van der Waals surface area contributed by atoms with Crippen LogP contribution >= 0.6 is 11.6 Å². The Hall–Kier alpha value is -2.35. The minimum atomic E-state index is -4.56. The maximum absolute atomic E-state index is 12.9. The van der Waals surface area contributed by atoms with E-state index in [-0.39, 0.29) is 28.6 Å². The van der Waals surface area contributed by atoms with Crippen molar-refractivity contribution >= 4 is 29.1 Å². The quantitative estimate of drug-likeness (QED) is 0.810. The molecule has 3 rings (SSSR count). The normalized spacial score (nSPS) is 15.1. The number of nitrogens with one attached hydrogen (secondary N) is 2. The van der Waals surface area contributed by atoms with Crippen LogP contribution in [-0.4, -0.2) is 21.9 Å². The summed E-state index contributed by atoms with van der Waals surface area (Å²) in [6.45, 7) is 0. The van der Waals surface area contributed by atoms with E-state index < -0.39 is 11.7 Å². The van der Waals surface area contributed by atoms with Crippen LogP contribution in [0.4, 0.5) is 24.8 Å². The molecule has 138 valence electrons. The fraction of sp³-hybridized carbons (Fsp3) is 0.353. The van der Waals surface area contributed by atoms with Gasteiger partial charge in [0.25, 0.3) is 5.91 Å². The molecule has 1 aliphatic rings. The summed E-state index contributed by atoms with van der Waals surface area (Å²) < 4.78 is 38.7. The van der Waals surface area contributed by atoms with Gasteiger partial charge in [0.15, 0.2) is 0 Å². The standard InChI is InChI=1S/C17H16ClF3N4O/c18-14-6-5-12(7-13(14)17(19,20)21)25-16-22-8-10(9-23-16)15(26)24-11-3-1-2-4-11/h5-9,11H,1-4H2,(H,24,26)(H,22,23,25). The van der Waals surface area contributed by atoms with E-state index in [1.807, 2.05) is 0 Å². The highest BCUT2D eigenvalue weighted by atomic mass is 35.5. The molecule has 1 amide bonds. The molecule has 1 aliphatic carbocycles. The van der Waals surface area contributed by atoms with Gasteiger partial charge in [-0.05, 0) is 31.0 Å². The van der Waals surface area contributed by atoms with Gasteiger partial charge in [-0.2, -0.15) is 13.2 Å². The van der Waals surface area contributed by atoms with E-state index in [1.165, 1.54) is 18.5 Å². The van der Waals surface area contributed by atoms with Gasteiger partial charge in [0, 0.05) is 24.1 Å². The number of nitrogens with zero attached hydrogens (tertiary/aromatic N) is 2. The zero-order chi connectivity index (χ0) is 18.7. The molecule has 26 heavy (non-hydrogen) atoms. The molecule has 0 aliphatic heterocycles. The predicted molar refractivity (Wildman–Crippen MR) is 91.5 cm³/mol. The highest BCUT2D eigenvalue weighted by Crippen LogP contribution is 2.36. The molecule has 2 N–H and O–H groups in total. The van der Waals surface area contributed by atoms with Gasteiger partial charge in [0.1, 0.15) is 0 Å². The Bertz CT molecular complexity index is 790. The van der Waals surface area contributed by atoms with Crippen LogP contribution in [0.1, 0.15) is 41.6 Å². The molecular weight excluding hydrogens is 369 g/mol. The van der Waals surface area contributed by atoms with Gasteiger partial charge in [-0.1, -0.05) is 24.4 Å². The Balaban J connectivity index is 1.68. The maximum atomic E-state index is 12.9. The van der Waals surface area contributed by atoms with Crippen molar-refractivity contribution in [2.24, 2.45) is 0 Å². The molecule has 1 heterocycles. The van der Waals surface area contributed by atoms with Gasteiger partial charge in [0.05, 0.1) is 16.1 Å². The van der Waals surface area contributed by atoms with Crippen LogP contribution in [0.15, 0.2) is 30.6 Å². The molecule has 2 aromatic rings. The molecule has 0 bridgehead atoms. The first kappa shape index (κ1) is 18.4. The third-order valence-corrected chi connectivity index (χ3v) is 4.46. The predicted octanol–water partition coefficient (Wildman–Crippen LogP) is 4.56. The number of hydrogen-bond donors (Lipinski definition) is 2. The summed E-state index contributed by atoms with van der Waals surface area (Å²) >= 11 is 5.59. The summed E-state index contributed by atoms with van der Waals surface area (Å²) in [5.74, 6) is -0.174. The Morgan fingerprint density at radius 3 is 2.42 bits per heavy atom. The fourth-order valence-electron chi connectivity index (χ4n) is 2.80. The number of anilines is 2. The van der Waals surface area contributed by atoms with E-state index in [9.17, 15) is 18.0 Å². The van der Waals surface area contributed by atoms with Crippen LogP contribution in [0.3, 0.4) is 0 Å². The fourth-order valence-corrected chi connectivity index (χ4v) is 3.02. The Kier molecular flexibility index (Phi) is 5.31. The number of halogens is 4. The minimum absolute atomic E-state index is 0.0814.